The Labute approximate surface area is 155 Å². The van der Waals surface area contributed by atoms with E-state index in [0.29, 0.717) is 6.61 Å². The third-order valence-corrected chi connectivity index (χ3v) is 4.50. The molecular weight excluding hydrogens is 342 g/mol. The van der Waals surface area contributed by atoms with Gasteiger partial charge in [-0.3, -0.25) is 9.59 Å². The predicted octanol–water partition coefficient (Wildman–Crippen LogP) is 1.83. The topological polar surface area (TPSA) is 70.7 Å². The van der Waals surface area contributed by atoms with Crippen LogP contribution >= 0.6 is 12.4 Å². The number of anilines is 1. The molecule has 0 atom stereocenters. The summed E-state index contributed by atoms with van der Waals surface area (Å²) < 4.78 is 5.29. The maximum atomic E-state index is 12.9. The van der Waals surface area contributed by atoms with Gasteiger partial charge >= 0.3 is 0 Å². The van der Waals surface area contributed by atoms with Gasteiger partial charge in [-0.15, -0.1) is 12.4 Å². The van der Waals surface area contributed by atoms with Gasteiger partial charge in [-0.05, 0) is 45.0 Å². The zero-order valence-electron chi connectivity index (χ0n) is 15.1. The van der Waals surface area contributed by atoms with Crippen molar-refractivity contribution < 1.29 is 14.3 Å². The van der Waals surface area contributed by atoms with Crippen LogP contribution in [0.4, 0.5) is 5.69 Å². The van der Waals surface area contributed by atoms with Gasteiger partial charge in [-0.1, -0.05) is 17.7 Å². The molecular formula is C18H28ClN3O3. The molecule has 25 heavy (non-hydrogen) atoms. The Morgan fingerprint density at radius 2 is 1.84 bits per heavy atom. The average molecular weight is 370 g/mol. The molecule has 7 heteroatoms. The van der Waals surface area contributed by atoms with Crippen LogP contribution in [0.3, 0.4) is 0 Å². The molecule has 0 aliphatic carbocycles. The van der Waals surface area contributed by atoms with Crippen LogP contribution in [0.15, 0.2) is 24.3 Å². The van der Waals surface area contributed by atoms with Crippen LogP contribution in [0, 0.1) is 12.3 Å². The van der Waals surface area contributed by atoms with Gasteiger partial charge in [0.25, 0.3) is 0 Å². The maximum absolute atomic E-state index is 12.9. The Bertz CT molecular complexity index is 566. The van der Waals surface area contributed by atoms with E-state index < -0.39 is 5.41 Å². The second kappa shape index (κ2) is 9.75. The number of nitrogens with one attached hydrogen (secondary N) is 2. The molecule has 1 saturated heterocycles. The number of halogens is 1. The quantitative estimate of drug-likeness (QED) is 0.802. The van der Waals surface area contributed by atoms with Crippen LogP contribution in [-0.4, -0.2) is 57.1 Å². The average Bonchev–Trinajstić information content (AvgIpc) is 2.57. The second-order valence-electron chi connectivity index (χ2n) is 6.54. The molecule has 2 amide bonds. The number of methoxy groups -OCH3 is 1. The summed E-state index contributed by atoms with van der Waals surface area (Å²) in [5, 5.41) is 6.09. The highest BCUT2D eigenvalue weighted by Crippen LogP contribution is 2.31. The Balaban J connectivity index is 0.00000312. The third kappa shape index (κ3) is 5.70. The molecule has 0 saturated carbocycles. The Morgan fingerprint density at radius 3 is 2.40 bits per heavy atom. The third-order valence-electron chi connectivity index (χ3n) is 4.50. The number of hydrogen-bond acceptors (Lipinski definition) is 4. The molecule has 0 bridgehead atoms. The van der Waals surface area contributed by atoms with Crippen LogP contribution in [0.1, 0.15) is 18.4 Å². The van der Waals surface area contributed by atoms with E-state index in [1.165, 1.54) is 4.90 Å². The van der Waals surface area contributed by atoms with Gasteiger partial charge in [0.1, 0.15) is 0 Å². The first-order valence-corrected chi connectivity index (χ1v) is 8.28. The number of ether oxygens (including phenoxy) is 1. The highest BCUT2D eigenvalue weighted by molar-refractivity contribution is 5.95. The number of hydrogen-bond donors (Lipinski definition) is 2. The van der Waals surface area contributed by atoms with Crippen molar-refractivity contribution in [1.29, 1.82) is 0 Å². The van der Waals surface area contributed by atoms with Crippen molar-refractivity contribution >= 4 is 29.9 Å². The number of carbonyl (C=O) groups is 2. The van der Waals surface area contributed by atoms with Gasteiger partial charge in [0.15, 0.2) is 0 Å². The Morgan fingerprint density at radius 1 is 1.24 bits per heavy atom. The molecule has 1 fully saturated rings. The SMILES string of the molecule is COCC1(C(=O)N(C)CC(=O)Nc2ccc(C)cc2)CCNCC1.Cl. The van der Waals surface area contributed by atoms with Crippen molar-refractivity contribution in [3.8, 4) is 0 Å². The van der Waals surface area contributed by atoms with E-state index in [2.05, 4.69) is 10.6 Å². The first-order chi connectivity index (χ1) is 11.5. The number of piperidine rings is 1. The molecule has 0 spiro atoms. The van der Waals surface area contributed by atoms with Crippen LogP contribution in [0.2, 0.25) is 0 Å². The second-order valence-corrected chi connectivity index (χ2v) is 6.54. The molecule has 0 unspecified atom stereocenters. The molecule has 140 valence electrons. The predicted molar refractivity (Wildman–Crippen MR) is 101 cm³/mol. The van der Waals surface area contributed by atoms with E-state index in [4.69, 9.17) is 4.74 Å². The van der Waals surface area contributed by atoms with E-state index in [-0.39, 0.29) is 30.8 Å². The lowest BCUT2D eigenvalue weighted by atomic mass is 9.78. The maximum Gasteiger partial charge on any atom is 0.243 e. The summed E-state index contributed by atoms with van der Waals surface area (Å²) in [6.45, 7) is 3.99. The molecule has 0 radical (unpaired) electrons. The zero-order valence-corrected chi connectivity index (χ0v) is 15.9. The van der Waals surface area contributed by atoms with Gasteiger partial charge in [0.2, 0.25) is 11.8 Å². The summed E-state index contributed by atoms with van der Waals surface area (Å²) in [7, 11) is 3.29. The number of nitrogens with zero attached hydrogens (tertiary/aromatic N) is 1. The van der Waals surface area contributed by atoms with Crippen molar-refractivity contribution in [2.75, 3.05) is 45.7 Å². The summed E-state index contributed by atoms with van der Waals surface area (Å²) in [5.41, 5.74) is 1.34. The van der Waals surface area contributed by atoms with E-state index in [1.807, 2.05) is 31.2 Å². The van der Waals surface area contributed by atoms with Gasteiger partial charge in [-0.2, -0.15) is 0 Å². The van der Waals surface area contributed by atoms with E-state index >= 15 is 0 Å². The lowest BCUT2D eigenvalue weighted by molar-refractivity contribution is -0.147. The summed E-state index contributed by atoms with van der Waals surface area (Å²) in [5.74, 6) is -0.221. The van der Waals surface area contributed by atoms with Gasteiger partial charge < -0.3 is 20.3 Å². The molecule has 0 aromatic heterocycles. The van der Waals surface area contributed by atoms with Crippen molar-refractivity contribution in [3.05, 3.63) is 29.8 Å². The molecule has 6 nitrogen and oxygen atoms in total. The molecule has 1 aromatic carbocycles. The fourth-order valence-corrected chi connectivity index (χ4v) is 3.13. The first kappa shape index (κ1) is 21.4. The molecule has 1 aromatic rings. The molecule has 1 aliphatic rings. The Hall–Kier alpha value is -1.63. The lowest BCUT2D eigenvalue weighted by Crippen LogP contribution is -2.51. The summed E-state index contributed by atoms with van der Waals surface area (Å²) >= 11 is 0. The fourth-order valence-electron chi connectivity index (χ4n) is 3.13. The number of benzene rings is 1. The number of carbonyl (C=O) groups excluding carboxylic acids is 2. The smallest absolute Gasteiger partial charge is 0.243 e. The summed E-state index contributed by atoms with van der Waals surface area (Å²) in [6, 6.07) is 7.59. The van der Waals surface area contributed by atoms with Gasteiger partial charge in [0, 0.05) is 19.8 Å². The molecule has 2 rings (SSSR count). The summed E-state index contributed by atoms with van der Waals surface area (Å²) in [4.78, 5) is 26.6. The van der Waals surface area contributed by atoms with Crippen LogP contribution in [0.5, 0.6) is 0 Å². The fraction of sp³-hybridized carbons (Fsp3) is 0.556. The normalized spacial score (nSPS) is 15.8. The van der Waals surface area contributed by atoms with Gasteiger partial charge in [-0.25, -0.2) is 0 Å². The van der Waals surface area contributed by atoms with Crippen molar-refractivity contribution in [2.45, 2.75) is 19.8 Å². The minimum Gasteiger partial charge on any atom is -0.384 e. The van der Waals surface area contributed by atoms with Crippen LogP contribution in [0.25, 0.3) is 0 Å². The van der Waals surface area contributed by atoms with Crippen molar-refractivity contribution in [1.82, 2.24) is 10.2 Å². The standard InChI is InChI=1S/C18H27N3O3.ClH/c1-14-4-6-15(7-5-14)20-16(22)12-21(2)17(23)18(13-24-3)8-10-19-11-9-18;/h4-7,19H,8-13H2,1-3H3,(H,20,22);1H. The summed E-state index contributed by atoms with van der Waals surface area (Å²) in [6.07, 6.45) is 1.45. The molecule has 1 aliphatic heterocycles. The first-order valence-electron chi connectivity index (χ1n) is 8.28. The van der Waals surface area contributed by atoms with Gasteiger partial charge in [0.05, 0.1) is 18.6 Å². The molecule has 2 N–H and O–H groups in total. The highest BCUT2D eigenvalue weighted by Gasteiger charge is 2.41. The van der Waals surface area contributed by atoms with Crippen molar-refractivity contribution in [2.24, 2.45) is 5.41 Å². The molecule has 1 heterocycles. The zero-order chi connectivity index (χ0) is 17.6. The monoisotopic (exact) mass is 369 g/mol. The lowest BCUT2D eigenvalue weighted by Gasteiger charge is -2.38. The van der Waals surface area contributed by atoms with E-state index in [0.717, 1.165) is 37.2 Å². The van der Waals surface area contributed by atoms with Crippen molar-refractivity contribution in [3.63, 3.8) is 0 Å². The Kier molecular flexibility index (Phi) is 8.35. The number of amides is 2. The largest absolute Gasteiger partial charge is 0.384 e. The van der Waals surface area contributed by atoms with E-state index in [1.54, 1.807) is 14.2 Å². The number of aryl methyl sites for hydroxylation is 1. The highest BCUT2D eigenvalue weighted by atomic mass is 35.5. The minimum absolute atomic E-state index is 0. The minimum atomic E-state index is -0.529. The van der Waals surface area contributed by atoms with Crippen LogP contribution in [-0.2, 0) is 14.3 Å². The van der Waals surface area contributed by atoms with Crippen LogP contribution < -0.4 is 10.6 Å². The number of likely N-dealkylation sites (N-methyl/N-ethyl adjacent to an activating group) is 1. The number of rotatable bonds is 6. The van der Waals surface area contributed by atoms with E-state index in [9.17, 15) is 9.59 Å².